The number of nitrogens with zero attached hydrogens (tertiary/aromatic N) is 1. The van der Waals surface area contributed by atoms with E-state index < -0.39 is 0 Å². The molecule has 1 aliphatic heterocycles. The van der Waals surface area contributed by atoms with E-state index >= 15 is 0 Å². The molecule has 0 aliphatic carbocycles. The predicted octanol–water partition coefficient (Wildman–Crippen LogP) is 2.95. The molecule has 4 nitrogen and oxygen atoms in total. The van der Waals surface area contributed by atoms with Gasteiger partial charge in [0.05, 0.1) is 17.5 Å². The first-order valence-electron chi connectivity index (χ1n) is 7.49. The molecule has 0 aromatic heterocycles. The molecule has 1 aromatic carbocycles. The fraction of sp³-hybridized carbons (Fsp3) is 0.625. The van der Waals surface area contributed by atoms with Crippen molar-refractivity contribution in [2.24, 2.45) is 0 Å². The molecule has 0 radical (unpaired) electrons. The largest absolute Gasteiger partial charge is 0.489 e. The first kappa shape index (κ1) is 15.0. The lowest BCUT2D eigenvalue weighted by Crippen LogP contribution is -2.42. The van der Waals surface area contributed by atoms with Gasteiger partial charge < -0.3 is 20.7 Å². The zero-order chi connectivity index (χ0) is 14.7. The number of nitrogens with one attached hydrogen (secondary N) is 1. The van der Waals surface area contributed by atoms with Crippen LogP contribution in [0.4, 0.5) is 11.4 Å². The van der Waals surface area contributed by atoms with E-state index in [2.05, 4.69) is 24.2 Å². The molecule has 1 aromatic rings. The number of benzene rings is 1. The second kappa shape index (κ2) is 6.35. The van der Waals surface area contributed by atoms with Crippen molar-refractivity contribution in [2.75, 3.05) is 24.6 Å². The summed E-state index contributed by atoms with van der Waals surface area (Å²) in [6.07, 6.45) is 2.43. The Morgan fingerprint density at radius 2 is 2.15 bits per heavy atom. The Hall–Kier alpha value is -1.42. The number of hydrogen-bond donors (Lipinski definition) is 2. The molecule has 2 atom stereocenters. The van der Waals surface area contributed by atoms with E-state index in [1.54, 1.807) is 0 Å². The second-order valence-corrected chi connectivity index (χ2v) is 6.08. The van der Waals surface area contributed by atoms with Crippen molar-refractivity contribution in [3.8, 4) is 5.75 Å². The molecule has 0 amide bonds. The summed E-state index contributed by atoms with van der Waals surface area (Å²) in [5, 5.41) is 3.58. The molecule has 112 valence electrons. The lowest BCUT2D eigenvalue weighted by Gasteiger charge is -2.36. The van der Waals surface area contributed by atoms with Gasteiger partial charge in [0.25, 0.3) is 0 Å². The van der Waals surface area contributed by atoms with Crippen LogP contribution >= 0.6 is 0 Å². The highest BCUT2D eigenvalue weighted by Crippen LogP contribution is 2.32. The van der Waals surface area contributed by atoms with Crippen LogP contribution < -0.4 is 15.8 Å². The third kappa shape index (κ3) is 3.57. The monoisotopic (exact) mass is 277 g/mol. The zero-order valence-corrected chi connectivity index (χ0v) is 13.0. The van der Waals surface area contributed by atoms with E-state index in [0.29, 0.717) is 17.8 Å². The van der Waals surface area contributed by atoms with Gasteiger partial charge in [-0.2, -0.15) is 0 Å². The van der Waals surface area contributed by atoms with Gasteiger partial charge in [-0.25, -0.2) is 0 Å². The summed E-state index contributed by atoms with van der Waals surface area (Å²) in [4.78, 5) is 2.40. The fourth-order valence-electron chi connectivity index (χ4n) is 2.67. The molecule has 0 saturated carbocycles. The number of para-hydroxylation sites is 1. The average Bonchev–Trinajstić information content (AvgIpc) is 2.38. The topological polar surface area (TPSA) is 50.5 Å². The number of anilines is 2. The van der Waals surface area contributed by atoms with Gasteiger partial charge >= 0.3 is 0 Å². The fourth-order valence-corrected chi connectivity index (χ4v) is 2.67. The third-order valence-electron chi connectivity index (χ3n) is 4.00. The molecular weight excluding hydrogens is 250 g/mol. The molecule has 1 aliphatic rings. The molecule has 0 bridgehead atoms. The molecule has 2 rings (SSSR count). The number of likely N-dealkylation sites (tertiary alicyclic amines) is 1. The van der Waals surface area contributed by atoms with Crippen molar-refractivity contribution in [2.45, 2.75) is 51.8 Å². The number of rotatable bonds is 4. The van der Waals surface area contributed by atoms with Crippen molar-refractivity contribution in [3.63, 3.8) is 0 Å². The highest BCUT2D eigenvalue weighted by atomic mass is 16.5. The van der Waals surface area contributed by atoms with Crippen LogP contribution in [0.1, 0.15) is 33.6 Å². The van der Waals surface area contributed by atoms with Gasteiger partial charge in [-0.3, -0.25) is 0 Å². The minimum absolute atomic E-state index is 0.135. The molecule has 4 heteroatoms. The van der Waals surface area contributed by atoms with E-state index in [1.807, 2.05) is 32.0 Å². The summed E-state index contributed by atoms with van der Waals surface area (Å²) in [6, 6.07) is 7.05. The highest BCUT2D eigenvalue weighted by Gasteiger charge is 2.23. The van der Waals surface area contributed by atoms with E-state index in [0.717, 1.165) is 30.8 Å². The number of nitrogen functional groups attached to an aromatic ring is 1. The van der Waals surface area contributed by atoms with Crippen LogP contribution in [-0.4, -0.2) is 36.7 Å². The molecule has 1 saturated heterocycles. The molecule has 1 fully saturated rings. The van der Waals surface area contributed by atoms with Gasteiger partial charge in [-0.1, -0.05) is 6.07 Å². The summed E-state index contributed by atoms with van der Waals surface area (Å²) >= 11 is 0. The van der Waals surface area contributed by atoms with E-state index in [4.69, 9.17) is 10.5 Å². The van der Waals surface area contributed by atoms with Crippen molar-refractivity contribution in [1.29, 1.82) is 0 Å². The molecule has 1 heterocycles. The summed E-state index contributed by atoms with van der Waals surface area (Å²) in [6.45, 7) is 7.42. The van der Waals surface area contributed by atoms with Gasteiger partial charge in [-0.15, -0.1) is 0 Å². The van der Waals surface area contributed by atoms with Crippen molar-refractivity contribution >= 4 is 11.4 Å². The van der Waals surface area contributed by atoms with Crippen LogP contribution in [0, 0.1) is 0 Å². The molecule has 20 heavy (non-hydrogen) atoms. The quantitative estimate of drug-likeness (QED) is 0.831. The first-order valence-corrected chi connectivity index (χ1v) is 7.49. The summed E-state index contributed by atoms with van der Waals surface area (Å²) in [5.41, 5.74) is 7.92. The minimum Gasteiger partial charge on any atom is -0.489 e. The van der Waals surface area contributed by atoms with Crippen LogP contribution in [0.5, 0.6) is 5.75 Å². The lowest BCUT2D eigenvalue weighted by molar-refractivity contribution is 0.190. The SMILES string of the molecule is CC(C)Oc1cccc(NC2CCN(C)C(C)C2)c1N. The Bertz CT molecular complexity index is 447. The van der Waals surface area contributed by atoms with E-state index in [9.17, 15) is 0 Å². The second-order valence-electron chi connectivity index (χ2n) is 6.08. The van der Waals surface area contributed by atoms with Crippen LogP contribution in [-0.2, 0) is 0 Å². The molecule has 3 N–H and O–H groups in total. The van der Waals surface area contributed by atoms with Gasteiger partial charge in [-0.05, 0) is 52.8 Å². The van der Waals surface area contributed by atoms with Crippen LogP contribution in [0.3, 0.4) is 0 Å². The van der Waals surface area contributed by atoms with Gasteiger partial charge in [0.1, 0.15) is 5.75 Å². The van der Waals surface area contributed by atoms with Gasteiger partial charge in [0, 0.05) is 18.6 Å². The summed E-state index contributed by atoms with van der Waals surface area (Å²) < 4.78 is 5.74. The Morgan fingerprint density at radius 3 is 2.80 bits per heavy atom. The first-order chi connectivity index (χ1) is 9.47. The normalized spacial score (nSPS) is 23.9. The van der Waals surface area contributed by atoms with Crippen molar-refractivity contribution in [1.82, 2.24) is 4.90 Å². The maximum atomic E-state index is 6.21. The molecule has 0 spiro atoms. The lowest BCUT2D eigenvalue weighted by atomic mass is 9.98. The third-order valence-corrected chi connectivity index (χ3v) is 4.00. The molecular formula is C16H27N3O. The van der Waals surface area contributed by atoms with E-state index in [-0.39, 0.29) is 6.10 Å². The zero-order valence-electron chi connectivity index (χ0n) is 13.0. The van der Waals surface area contributed by atoms with Gasteiger partial charge in [0.2, 0.25) is 0 Å². The van der Waals surface area contributed by atoms with Crippen molar-refractivity contribution in [3.05, 3.63) is 18.2 Å². The van der Waals surface area contributed by atoms with Crippen LogP contribution in [0.2, 0.25) is 0 Å². The highest BCUT2D eigenvalue weighted by molar-refractivity contribution is 5.73. The average molecular weight is 277 g/mol. The van der Waals surface area contributed by atoms with Gasteiger partial charge in [0.15, 0.2) is 0 Å². The van der Waals surface area contributed by atoms with E-state index in [1.165, 1.54) is 0 Å². The maximum Gasteiger partial charge on any atom is 0.144 e. The number of hydrogen-bond acceptors (Lipinski definition) is 4. The Morgan fingerprint density at radius 1 is 1.40 bits per heavy atom. The summed E-state index contributed by atoms with van der Waals surface area (Å²) in [7, 11) is 2.19. The summed E-state index contributed by atoms with van der Waals surface area (Å²) in [5.74, 6) is 0.769. The predicted molar refractivity (Wildman–Crippen MR) is 85.4 cm³/mol. The Balaban J connectivity index is 2.06. The Labute approximate surface area is 122 Å². The number of nitrogens with two attached hydrogens (primary N) is 1. The van der Waals surface area contributed by atoms with Crippen molar-refractivity contribution < 1.29 is 4.74 Å². The van der Waals surface area contributed by atoms with Crippen LogP contribution in [0.25, 0.3) is 0 Å². The minimum atomic E-state index is 0.135. The smallest absolute Gasteiger partial charge is 0.144 e. The number of ether oxygens (including phenoxy) is 1. The molecule has 2 unspecified atom stereocenters. The van der Waals surface area contributed by atoms with Crippen LogP contribution in [0.15, 0.2) is 18.2 Å². The Kier molecular flexibility index (Phi) is 4.76. The standard InChI is InChI=1S/C16H27N3O/c1-11(2)20-15-7-5-6-14(16(15)17)18-13-8-9-19(4)12(3)10-13/h5-7,11-13,18H,8-10,17H2,1-4H3. The maximum absolute atomic E-state index is 6.21. The number of piperidine rings is 1.